The number of amides is 2. The van der Waals surface area contributed by atoms with Gasteiger partial charge in [0.1, 0.15) is 5.82 Å². The van der Waals surface area contributed by atoms with E-state index in [9.17, 15) is 14.0 Å². The summed E-state index contributed by atoms with van der Waals surface area (Å²) in [6, 6.07) is 19.0. The van der Waals surface area contributed by atoms with E-state index in [1.165, 1.54) is 22.1 Å². The van der Waals surface area contributed by atoms with Crippen LogP contribution >= 0.6 is 11.3 Å². The number of fused-ring (bicyclic) bond motifs is 1. The first-order chi connectivity index (χ1) is 18.1. The molecule has 0 unspecified atom stereocenters. The van der Waals surface area contributed by atoms with Crippen LogP contribution < -0.4 is 0 Å². The van der Waals surface area contributed by atoms with E-state index in [0.29, 0.717) is 38.6 Å². The SMILES string of the molecule is O=C(CN1CCc2sccc2[C@@H]1c1cccc(F)c1)N1CCCN(C(=O)[C@H]2C[C@H]2c2ccccc2)CC1. The van der Waals surface area contributed by atoms with E-state index < -0.39 is 0 Å². The minimum Gasteiger partial charge on any atom is -0.341 e. The van der Waals surface area contributed by atoms with Gasteiger partial charge >= 0.3 is 0 Å². The standard InChI is InChI=1S/C30H32FN3O2S/c31-23-9-4-8-22(18-23)29-24-11-17-37-27(24)10-14-34(29)20-28(35)32-12-5-13-33(16-15-32)30(36)26-19-25(26)21-6-2-1-3-7-21/h1-4,6-9,11,17-18,25-26,29H,5,10,12-16,19-20H2/t25-,26-,29-/m0/s1. The lowest BCUT2D eigenvalue weighted by Crippen LogP contribution is -2.45. The zero-order chi connectivity index (χ0) is 25.4. The van der Waals surface area contributed by atoms with Gasteiger partial charge in [0.2, 0.25) is 11.8 Å². The van der Waals surface area contributed by atoms with Crippen molar-refractivity contribution in [1.29, 1.82) is 0 Å². The van der Waals surface area contributed by atoms with Gasteiger partial charge in [0.25, 0.3) is 0 Å². The number of benzene rings is 2. The van der Waals surface area contributed by atoms with E-state index in [-0.39, 0.29) is 29.6 Å². The predicted octanol–water partition coefficient (Wildman–Crippen LogP) is 4.70. The van der Waals surface area contributed by atoms with Crippen LogP contribution in [0.2, 0.25) is 0 Å². The van der Waals surface area contributed by atoms with Gasteiger partial charge in [-0.05, 0) is 65.4 Å². The quantitative estimate of drug-likeness (QED) is 0.493. The summed E-state index contributed by atoms with van der Waals surface area (Å²) in [6.45, 7) is 3.58. The summed E-state index contributed by atoms with van der Waals surface area (Å²) < 4.78 is 14.1. The fraction of sp³-hybridized carbons (Fsp3) is 0.400. The second kappa shape index (κ2) is 10.4. The zero-order valence-electron chi connectivity index (χ0n) is 20.9. The molecule has 2 fully saturated rings. The lowest BCUT2D eigenvalue weighted by molar-refractivity contribution is -0.135. The average molecular weight is 518 g/mol. The molecule has 1 saturated heterocycles. The maximum atomic E-state index is 14.1. The van der Waals surface area contributed by atoms with Crippen LogP contribution in [0.1, 0.15) is 46.4 Å². The molecule has 3 atom stereocenters. The molecule has 1 aromatic heterocycles. The lowest BCUT2D eigenvalue weighted by atomic mass is 9.93. The van der Waals surface area contributed by atoms with Crippen LogP contribution in [-0.4, -0.2) is 65.8 Å². The number of thiophene rings is 1. The predicted molar refractivity (Wildman–Crippen MR) is 143 cm³/mol. The molecule has 2 aliphatic heterocycles. The van der Waals surface area contributed by atoms with E-state index in [2.05, 4.69) is 28.5 Å². The molecule has 0 spiro atoms. The molecule has 6 rings (SSSR count). The van der Waals surface area contributed by atoms with Gasteiger partial charge in [0.05, 0.1) is 12.6 Å². The summed E-state index contributed by atoms with van der Waals surface area (Å²) in [5, 5.41) is 2.09. The molecule has 5 nitrogen and oxygen atoms in total. The molecule has 3 aromatic rings. The fourth-order valence-corrected chi connectivity index (χ4v) is 6.94. The normalized spacial score (nSPS) is 23.9. The van der Waals surface area contributed by atoms with Crippen molar-refractivity contribution in [3.05, 3.63) is 93.4 Å². The smallest absolute Gasteiger partial charge is 0.236 e. The fourth-order valence-electron chi connectivity index (χ4n) is 6.04. The molecule has 3 heterocycles. The van der Waals surface area contributed by atoms with Crippen molar-refractivity contribution in [2.75, 3.05) is 39.3 Å². The number of hydrogen-bond acceptors (Lipinski definition) is 4. The Morgan fingerprint density at radius 2 is 1.68 bits per heavy atom. The molecule has 0 bridgehead atoms. The monoisotopic (exact) mass is 517 g/mol. The Hall–Kier alpha value is -3.03. The molecule has 2 aromatic carbocycles. The summed E-state index contributed by atoms with van der Waals surface area (Å²) in [5.74, 6) is 0.465. The third-order valence-corrected chi connectivity index (χ3v) is 9.06. The molecule has 0 radical (unpaired) electrons. The number of nitrogens with zero attached hydrogens (tertiary/aromatic N) is 3. The molecule has 1 saturated carbocycles. The Balaban J connectivity index is 1.10. The Kier molecular flexibility index (Phi) is 6.82. The van der Waals surface area contributed by atoms with Crippen molar-refractivity contribution in [3.63, 3.8) is 0 Å². The van der Waals surface area contributed by atoms with Crippen molar-refractivity contribution in [2.24, 2.45) is 5.92 Å². The summed E-state index contributed by atoms with van der Waals surface area (Å²) >= 11 is 1.74. The summed E-state index contributed by atoms with van der Waals surface area (Å²) in [4.78, 5) is 34.1. The summed E-state index contributed by atoms with van der Waals surface area (Å²) in [5.41, 5.74) is 3.31. The van der Waals surface area contributed by atoms with Crippen LogP contribution in [0.4, 0.5) is 4.39 Å². The Morgan fingerprint density at radius 3 is 2.51 bits per heavy atom. The second-order valence-corrected chi connectivity index (χ2v) is 11.4. The molecule has 192 valence electrons. The molecule has 1 aliphatic carbocycles. The molecular weight excluding hydrogens is 485 g/mol. The van der Waals surface area contributed by atoms with Gasteiger partial charge in [0, 0.05) is 43.5 Å². The van der Waals surface area contributed by atoms with E-state index in [0.717, 1.165) is 31.4 Å². The molecular formula is C30H32FN3O2S. The molecule has 2 amide bonds. The van der Waals surface area contributed by atoms with Crippen molar-refractivity contribution >= 4 is 23.2 Å². The maximum Gasteiger partial charge on any atom is 0.236 e. The zero-order valence-corrected chi connectivity index (χ0v) is 21.7. The van der Waals surface area contributed by atoms with Crippen LogP contribution in [-0.2, 0) is 16.0 Å². The first kappa shape index (κ1) is 24.3. The van der Waals surface area contributed by atoms with Crippen LogP contribution in [0, 0.1) is 11.7 Å². The van der Waals surface area contributed by atoms with Gasteiger partial charge in [0.15, 0.2) is 0 Å². The van der Waals surface area contributed by atoms with E-state index in [4.69, 9.17) is 0 Å². The molecule has 37 heavy (non-hydrogen) atoms. The minimum absolute atomic E-state index is 0.0739. The van der Waals surface area contributed by atoms with Gasteiger partial charge in [-0.15, -0.1) is 11.3 Å². The number of hydrogen-bond donors (Lipinski definition) is 0. The van der Waals surface area contributed by atoms with E-state index in [1.54, 1.807) is 23.5 Å². The van der Waals surface area contributed by atoms with Gasteiger partial charge in [-0.3, -0.25) is 14.5 Å². The lowest BCUT2D eigenvalue weighted by Gasteiger charge is -2.37. The third kappa shape index (κ3) is 5.07. The Bertz CT molecular complexity index is 1280. The summed E-state index contributed by atoms with van der Waals surface area (Å²) in [7, 11) is 0. The first-order valence-corrected chi connectivity index (χ1v) is 14.1. The molecule has 0 N–H and O–H groups in total. The highest BCUT2D eigenvalue weighted by Gasteiger charge is 2.45. The van der Waals surface area contributed by atoms with E-state index in [1.807, 2.05) is 34.1 Å². The van der Waals surface area contributed by atoms with Gasteiger partial charge in [-0.1, -0.05) is 42.5 Å². The highest BCUT2D eigenvalue weighted by Crippen LogP contribution is 2.48. The second-order valence-electron chi connectivity index (χ2n) is 10.4. The van der Waals surface area contributed by atoms with Gasteiger partial charge < -0.3 is 9.80 Å². The number of carbonyl (C=O) groups is 2. The highest BCUT2D eigenvalue weighted by molar-refractivity contribution is 7.10. The van der Waals surface area contributed by atoms with Crippen molar-refractivity contribution in [3.8, 4) is 0 Å². The van der Waals surface area contributed by atoms with Crippen LogP contribution in [0.3, 0.4) is 0 Å². The number of carbonyl (C=O) groups excluding carboxylic acids is 2. The molecule has 7 heteroatoms. The van der Waals surface area contributed by atoms with Crippen molar-refractivity contribution in [1.82, 2.24) is 14.7 Å². The third-order valence-electron chi connectivity index (χ3n) is 8.06. The minimum atomic E-state index is -0.256. The first-order valence-electron chi connectivity index (χ1n) is 13.3. The van der Waals surface area contributed by atoms with E-state index >= 15 is 0 Å². The van der Waals surface area contributed by atoms with Crippen LogP contribution in [0.5, 0.6) is 0 Å². The number of halogens is 1. The Labute approximate surface area is 221 Å². The number of rotatable bonds is 5. The largest absolute Gasteiger partial charge is 0.341 e. The summed E-state index contributed by atoms with van der Waals surface area (Å²) in [6.07, 6.45) is 2.61. The topological polar surface area (TPSA) is 43.9 Å². The van der Waals surface area contributed by atoms with Crippen molar-refractivity contribution in [2.45, 2.75) is 31.2 Å². The molecule has 3 aliphatic rings. The maximum absolute atomic E-state index is 14.1. The highest BCUT2D eigenvalue weighted by atomic mass is 32.1. The van der Waals surface area contributed by atoms with Gasteiger partial charge in [-0.25, -0.2) is 4.39 Å². The van der Waals surface area contributed by atoms with Crippen LogP contribution in [0.15, 0.2) is 66.0 Å². The average Bonchev–Trinajstić information content (AvgIpc) is 3.64. The Morgan fingerprint density at radius 1 is 0.892 bits per heavy atom. The van der Waals surface area contributed by atoms with Crippen molar-refractivity contribution < 1.29 is 14.0 Å². The van der Waals surface area contributed by atoms with Gasteiger partial charge in [-0.2, -0.15) is 0 Å². The van der Waals surface area contributed by atoms with Crippen LogP contribution in [0.25, 0.3) is 0 Å².